The van der Waals surface area contributed by atoms with Gasteiger partial charge in [0.15, 0.2) is 5.78 Å². The molecule has 5 aromatic rings. The summed E-state index contributed by atoms with van der Waals surface area (Å²) < 4.78 is 38.3. The second kappa shape index (κ2) is 15.4. The molecule has 4 nitrogen and oxygen atoms in total. The van der Waals surface area contributed by atoms with Crippen LogP contribution in [0.4, 0.5) is 13.2 Å². The number of alkyl halides is 3. The summed E-state index contributed by atoms with van der Waals surface area (Å²) in [6.07, 6.45) is -2.23. The molecule has 2 aromatic heterocycles. The molecule has 0 spiro atoms. The van der Waals surface area contributed by atoms with Crippen molar-refractivity contribution < 1.29 is 43.2 Å². The molecule has 271 valence electrons. The number of pyridine rings is 1. The first-order valence-electron chi connectivity index (χ1n) is 16.5. The third kappa shape index (κ3) is 8.46. The van der Waals surface area contributed by atoms with Gasteiger partial charge in [0.25, 0.3) is 0 Å². The molecule has 0 bridgehead atoms. The minimum Gasteiger partial charge on any atom is -0.512 e. The number of hydrogen-bond donors (Lipinski definition) is 1. The fourth-order valence-corrected chi connectivity index (χ4v) is 7.42. The monoisotopic (exact) mass is 890 g/mol. The van der Waals surface area contributed by atoms with Crippen molar-refractivity contribution in [2.45, 2.75) is 87.8 Å². The third-order valence-electron chi connectivity index (χ3n) is 9.01. The van der Waals surface area contributed by atoms with Crippen LogP contribution in [0, 0.1) is 56.4 Å². The van der Waals surface area contributed by atoms with Crippen LogP contribution in [0.2, 0.25) is 0 Å². The van der Waals surface area contributed by atoms with Crippen molar-refractivity contribution in [2.75, 3.05) is 0 Å². The molecule has 1 N–H and O–H groups in total. The standard InChI is InChI=1S/C32H29N2S.C10H15F3O2.Ir/c1-18-12-19(2)27(20(3)13-18)30-21(4)28-24(16-33)17-34-29(31(28)35-30)23-14-22-10-8-9-11-25(22)26(15-23)32(5,6)7;1-6(2)7(14)5-8(15)9(3,4)10(11,12)13;/h8-13,15,17H,1-7H3;5-6,14H,1-4H3;/q-1;;/b;7-5-;. The van der Waals surface area contributed by atoms with Gasteiger partial charge in [-0.15, -0.1) is 40.5 Å². The molecule has 9 heteroatoms. The predicted octanol–water partition coefficient (Wildman–Crippen LogP) is 12.2. The SMILES string of the molecule is CC(C)/C(O)=C/C(=O)C(C)(C)C(F)(F)F.Cc1cc(C)c(-c2sc3c(-c4[c-]c5ccccc5c(C(C)(C)C)c4)ncc(C#N)c3c2C)c(C)c1.[Ir]. The number of carbonyl (C=O) groups excluding carboxylic acids is 1. The molecule has 0 fully saturated rings. The fraction of sp³-hybridized carbons (Fsp3) is 0.357. The number of nitrogens with zero attached hydrogens (tertiary/aromatic N) is 2. The number of carbonyl (C=O) groups is 1. The number of benzene rings is 3. The normalized spacial score (nSPS) is 12.4. The Balaban J connectivity index is 0.000000374. The van der Waals surface area contributed by atoms with Crippen LogP contribution < -0.4 is 0 Å². The molecule has 5 rings (SSSR count). The zero-order valence-electron chi connectivity index (χ0n) is 30.9. The van der Waals surface area contributed by atoms with Crippen molar-refractivity contribution in [2.24, 2.45) is 11.3 Å². The van der Waals surface area contributed by atoms with E-state index in [1.807, 2.05) is 0 Å². The van der Waals surface area contributed by atoms with Gasteiger partial charge in [-0.2, -0.15) is 18.4 Å². The summed E-state index contributed by atoms with van der Waals surface area (Å²) in [7, 11) is 0. The molecule has 0 unspecified atom stereocenters. The van der Waals surface area contributed by atoms with Crippen LogP contribution >= 0.6 is 11.3 Å². The molecule has 0 aliphatic carbocycles. The first-order valence-corrected chi connectivity index (χ1v) is 17.3. The minimum absolute atomic E-state index is 0. The van der Waals surface area contributed by atoms with Gasteiger partial charge < -0.3 is 5.11 Å². The van der Waals surface area contributed by atoms with E-state index in [4.69, 9.17) is 4.98 Å². The van der Waals surface area contributed by atoms with Gasteiger partial charge in [-0.25, -0.2) is 0 Å². The quantitative estimate of drug-likeness (QED) is 0.108. The van der Waals surface area contributed by atoms with E-state index in [-0.39, 0.29) is 37.2 Å². The van der Waals surface area contributed by atoms with Crippen LogP contribution in [0.5, 0.6) is 0 Å². The average Bonchev–Trinajstić information content (AvgIpc) is 3.35. The maximum Gasteiger partial charge on any atom is 0.401 e. The van der Waals surface area contributed by atoms with Crippen LogP contribution in [-0.2, 0) is 30.3 Å². The van der Waals surface area contributed by atoms with Gasteiger partial charge in [-0.05, 0) is 69.2 Å². The van der Waals surface area contributed by atoms with E-state index in [2.05, 4.69) is 103 Å². The molecular weight excluding hydrogens is 846 g/mol. The number of aliphatic hydroxyl groups is 1. The summed E-state index contributed by atoms with van der Waals surface area (Å²) in [6.45, 7) is 20.1. The second-order valence-corrected chi connectivity index (χ2v) is 15.8. The summed E-state index contributed by atoms with van der Waals surface area (Å²) in [5, 5.41) is 22.5. The molecule has 0 saturated heterocycles. The molecular formula is C42H44F3IrN2O2S-. The van der Waals surface area contributed by atoms with Crippen LogP contribution in [0.15, 0.2) is 60.5 Å². The van der Waals surface area contributed by atoms with Crippen molar-refractivity contribution >= 4 is 38.0 Å². The largest absolute Gasteiger partial charge is 0.512 e. The van der Waals surface area contributed by atoms with Crippen molar-refractivity contribution in [3.8, 4) is 27.8 Å². The van der Waals surface area contributed by atoms with E-state index >= 15 is 0 Å². The van der Waals surface area contributed by atoms with E-state index in [0.717, 1.165) is 46.1 Å². The number of rotatable bonds is 5. The van der Waals surface area contributed by atoms with E-state index in [9.17, 15) is 28.3 Å². The summed E-state index contributed by atoms with van der Waals surface area (Å²) in [4.78, 5) is 17.3. The average molecular weight is 890 g/mol. The number of thiophene rings is 1. The number of aromatic nitrogens is 1. The van der Waals surface area contributed by atoms with E-state index in [1.165, 1.54) is 38.1 Å². The van der Waals surface area contributed by atoms with Crippen molar-refractivity contribution in [3.05, 3.63) is 99.9 Å². The summed E-state index contributed by atoms with van der Waals surface area (Å²) in [6, 6.07) is 21.2. The molecule has 1 radical (unpaired) electrons. The predicted molar refractivity (Wildman–Crippen MR) is 200 cm³/mol. The molecule has 0 aliphatic heterocycles. The van der Waals surface area contributed by atoms with Gasteiger partial charge in [0.1, 0.15) is 11.5 Å². The summed E-state index contributed by atoms with van der Waals surface area (Å²) in [5.74, 6) is -1.84. The number of nitriles is 1. The molecule has 3 aromatic carbocycles. The van der Waals surface area contributed by atoms with E-state index in [1.54, 1.807) is 31.4 Å². The molecule has 0 atom stereocenters. The van der Waals surface area contributed by atoms with Crippen LogP contribution in [0.25, 0.3) is 42.6 Å². The smallest absolute Gasteiger partial charge is 0.401 e. The van der Waals surface area contributed by atoms with E-state index in [0.29, 0.717) is 11.6 Å². The Morgan fingerprint density at radius 3 is 2.12 bits per heavy atom. The van der Waals surface area contributed by atoms with Gasteiger partial charge in [0, 0.05) is 59.0 Å². The Labute approximate surface area is 316 Å². The van der Waals surface area contributed by atoms with Crippen molar-refractivity contribution in [3.63, 3.8) is 0 Å². The zero-order chi connectivity index (χ0) is 37.5. The number of halogens is 3. The molecule has 2 heterocycles. The number of aliphatic hydroxyl groups excluding tert-OH is 1. The summed E-state index contributed by atoms with van der Waals surface area (Å²) >= 11 is 1.75. The van der Waals surface area contributed by atoms with Gasteiger partial charge >= 0.3 is 6.18 Å². The number of allylic oxidation sites excluding steroid dienone is 2. The fourth-order valence-electron chi connectivity index (χ4n) is 5.91. The number of aryl methyl sites for hydroxylation is 4. The maximum absolute atomic E-state index is 12.4. The van der Waals surface area contributed by atoms with Gasteiger partial charge in [0.05, 0.1) is 11.3 Å². The second-order valence-electron chi connectivity index (χ2n) is 14.8. The number of fused-ring (bicyclic) bond motifs is 2. The Kier molecular flexibility index (Phi) is 12.6. The molecule has 0 saturated carbocycles. The summed E-state index contributed by atoms with van der Waals surface area (Å²) in [5.41, 5.74) is 7.50. The Morgan fingerprint density at radius 1 is 1.00 bits per heavy atom. The maximum atomic E-state index is 12.4. The zero-order valence-corrected chi connectivity index (χ0v) is 34.1. The van der Waals surface area contributed by atoms with Gasteiger partial charge in [-0.3, -0.25) is 9.78 Å². The van der Waals surface area contributed by atoms with Crippen LogP contribution in [0.1, 0.15) is 81.8 Å². The minimum atomic E-state index is -4.61. The van der Waals surface area contributed by atoms with Crippen LogP contribution in [-0.4, -0.2) is 22.1 Å². The topological polar surface area (TPSA) is 74.0 Å². The number of ketones is 1. The molecule has 0 amide bonds. The first-order chi connectivity index (χ1) is 23.1. The van der Waals surface area contributed by atoms with Gasteiger partial charge in [0.2, 0.25) is 0 Å². The third-order valence-corrected chi connectivity index (χ3v) is 10.3. The van der Waals surface area contributed by atoms with Crippen molar-refractivity contribution in [1.82, 2.24) is 4.98 Å². The van der Waals surface area contributed by atoms with Crippen LogP contribution in [0.3, 0.4) is 0 Å². The molecule has 0 aliphatic rings. The number of hydrogen-bond acceptors (Lipinski definition) is 5. The first kappa shape index (κ1) is 41.6. The molecule has 51 heavy (non-hydrogen) atoms. The van der Waals surface area contributed by atoms with Crippen molar-refractivity contribution in [1.29, 1.82) is 5.26 Å². The Bertz CT molecular complexity index is 2160. The Morgan fingerprint density at radius 2 is 1.59 bits per heavy atom. The van der Waals surface area contributed by atoms with E-state index < -0.39 is 17.4 Å². The Hall–Kier alpha value is -3.83. The van der Waals surface area contributed by atoms with Gasteiger partial charge in [-0.1, -0.05) is 81.5 Å².